The molecule has 2 N–H and O–H groups in total. The van der Waals surface area contributed by atoms with Gasteiger partial charge >= 0.3 is 0 Å². The van der Waals surface area contributed by atoms with Crippen molar-refractivity contribution >= 4 is 28.9 Å². The molecule has 1 aromatic heterocycles. The maximum atomic E-state index is 6.43. The molecule has 0 aliphatic heterocycles. The first kappa shape index (κ1) is 14.9. The Balaban J connectivity index is 2.19. The van der Waals surface area contributed by atoms with Crippen LogP contribution in [0.25, 0.3) is 0 Å². The maximum Gasteiger partial charge on any atom is 0.120 e. The average Bonchev–Trinajstić information content (AvgIpc) is 2.90. The molecule has 112 valence electrons. The van der Waals surface area contributed by atoms with Gasteiger partial charge in [0, 0.05) is 35.2 Å². The van der Waals surface area contributed by atoms with Crippen molar-refractivity contribution in [2.45, 2.75) is 5.92 Å². The minimum atomic E-state index is -0.0784. The van der Waals surface area contributed by atoms with Crippen LogP contribution < -0.4 is 5.73 Å². The number of hydrogen-bond donors (Lipinski definition) is 1. The van der Waals surface area contributed by atoms with Crippen molar-refractivity contribution in [1.82, 2.24) is 9.55 Å². The van der Waals surface area contributed by atoms with Crippen LogP contribution in [-0.4, -0.2) is 9.55 Å². The quantitative estimate of drug-likeness (QED) is 0.718. The summed E-state index contributed by atoms with van der Waals surface area (Å²) in [5.41, 5.74) is 8.49. The van der Waals surface area contributed by atoms with Crippen molar-refractivity contribution in [1.29, 1.82) is 0 Å². The summed E-state index contributed by atoms with van der Waals surface area (Å²) in [5.74, 6) is 0.833. The molecule has 0 saturated heterocycles. The molecule has 0 radical (unpaired) electrons. The number of benzene rings is 2. The molecule has 0 bridgehead atoms. The first-order chi connectivity index (χ1) is 10.6. The van der Waals surface area contributed by atoms with Gasteiger partial charge in [0.05, 0.1) is 5.92 Å². The molecule has 1 heterocycles. The third-order valence-corrected chi connectivity index (χ3v) is 4.23. The van der Waals surface area contributed by atoms with E-state index in [1.807, 2.05) is 54.2 Å². The van der Waals surface area contributed by atoms with E-state index in [1.54, 1.807) is 12.3 Å². The molecule has 1 unspecified atom stereocenters. The Labute approximate surface area is 139 Å². The van der Waals surface area contributed by atoms with Gasteiger partial charge in [-0.3, -0.25) is 0 Å². The summed E-state index contributed by atoms with van der Waals surface area (Å²) < 4.78 is 1.99. The van der Waals surface area contributed by atoms with Crippen molar-refractivity contribution in [2.75, 3.05) is 5.73 Å². The van der Waals surface area contributed by atoms with E-state index in [4.69, 9.17) is 28.9 Å². The fourth-order valence-electron chi connectivity index (χ4n) is 2.56. The highest BCUT2D eigenvalue weighted by molar-refractivity contribution is 6.31. The fourth-order valence-corrected chi connectivity index (χ4v) is 2.98. The summed E-state index contributed by atoms with van der Waals surface area (Å²) in [6, 6.07) is 13.3. The number of anilines is 1. The lowest BCUT2D eigenvalue weighted by Crippen LogP contribution is -2.10. The number of nitrogens with two attached hydrogens (primary N) is 1. The van der Waals surface area contributed by atoms with Gasteiger partial charge in [-0.05, 0) is 35.4 Å². The van der Waals surface area contributed by atoms with Crippen LogP contribution in [0.1, 0.15) is 22.9 Å². The average molecular weight is 332 g/mol. The molecule has 0 aliphatic carbocycles. The highest BCUT2D eigenvalue weighted by atomic mass is 35.5. The topological polar surface area (TPSA) is 43.8 Å². The summed E-state index contributed by atoms with van der Waals surface area (Å²) >= 11 is 12.4. The van der Waals surface area contributed by atoms with E-state index in [-0.39, 0.29) is 5.92 Å². The van der Waals surface area contributed by atoms with Crippen LogP contribution in [0, 0.1) is 0 Å². The number of hydrogen-bond acceptors (Lipinski definition) is 2. The SMILES string of the molecule is Cn1ccnc1C(c1ccc(Cl)cc1)c1ccc(N)cc1Cl. The summed E-state index contributed by atoms with van der Waals surface area (Å²) in [4.78, 5) is 4.49. The molecule has 0 amide bonds. The number of nitrogen functional groups attached to an aromatic ring is 1. The van der Waals surface area contributed by atoms with Gasteiger partial charge in [-0.1, -0.05) is 41.4 Å². The molecular formula is C17H15Cl2N3. The Bertz CT molecular complexity index is 794. The second kappa shape index (κ2) is 6.03. The van der Waals surface area contributed by atoms with Crippen LogP contribution in [0.2, 0.25) is 10.0 Å². The first-order valence-corrected chi connectivity index (χ1v) is 7.59. The monoisotopic (exact) mass is 331 g/mol. The fraction of sp³-hybridized carbons (Fsp3) is 0.118. The Kier molecular flexibility index (Phi) is 4.10. The highest BCUT2D eigenvalue weighted by Crippen LogP contribution is 2.36. The van der Waals surface area contributed by atoms with Gasteiger partial charge in [-0.15, -0.1) is 0 Å². The molecule has 3 aromatic rings. The minimum Gasteiger partial charge on any atom is -0.399 e. The van der Waals surface area contributed by atoms with Crippen molar-refractivity contribution in [3.63, 3.8) is 0 Å². The number of rotatable bonds is 3. The van der Waals surface area contributed by atoms with Gasteiger partial charge in [-0.2, -0.15) is 0 Å². The van der Waals surface area contributed by atoms with E-state index in [0.29, 0.717) is 15.7 Å². The summed E-state index contributed by atoms with van der Waals surface area (Å²) in [6.07, 6.45) is 3.70. The molecule has 0 aliphatic rings. The molecule has 0 fully saturated rings. The standard InChI is InChI=1S/C17H15Cl2N3/c1-22-9-8-21-17(22)16(11-2-4-12(18)5-3-11)14-7-6-13(20)10-15(14)19/h2-10,16H,20H2,1H3. The van der Waals surface area contributed by atoms with Crippen LogP contribution in [0.5, 0.6) is 0 Å². The van der Waals surface area contributed by atoms with Crippen LogP contribution >= 0.6 is 23.2 Å². The molecule has 3 nitrogen and oxygen atoms in total. The lowest BCUT2D eigenvalue weighted by molar-refractivity contribution is 0.764. The van der Waals surface area contributed by atoms with Crippen LogP contribution in [0.4, 0.5) is 5.69 Å². The Morgan fingerprint density at radius 2 is 1.82 bits per heavy atom. The molecule has 2 aromatic carbocycles. The third kappa shape index (κ3) is 2.82. The zero-order valence-electron chi connectivity index (χ0n) is 12.0. The smallest absolute Gasteiger partial charge is 0.120 e. The summed E-state index contributed by atoms with van der Waals surface area (Å²) in [5, 5.41) is 1.33. The number of aromatic nitrogens is 2. The van der Waals surface area contributed by atoms with E-state index in [9.17, 15) is 0 Å². The Hall–Kier alpha value is -1.97. The maximum absolute atomic E-state index is 6.43. The van der Waals surface area contributed by atoms with Gasteiger partial charge < -0.3 is 10.3 Å². The molecule has 0 spiro atoms. The molecule has 1 atom stereocenters. The van der Waals surface area contributed by atoms with Gasteiger partial charge in [0.25, 0.3) is 0 Å². The molecule has 5 heteroatoms. The Morgan fingerprint density at radius 1 is 1.09 bits per heavy atom. The van der Waals surface area contributed by atoms with Crippen LogP contribution in [0.15, 0.2) is 54.9 Å². The number of halogens is 2. The van der Waals surface area contributed by atoms with Gasteiger partial charge in [0.2, 0.25) is 0 Å². The second-order valence-electron chi connectivity index (χ2n) is 5.16. The number of nitrogens with zero attached hydrogens (tertiary/aromatic N) is 2. The lowest BCUT2D eigenvalue weighted by atomic mass is 9.90. The van der Waals surface area contributed by atoms with Crippen LogP contribution in [-0.2, 0) is 7.05 Å². The first-order valence-electron chi connectivity index (χ1n) is 6.84. The summed E-state index contributed by atoms with van der Waals surface area (Å²) in [6.45, 7) is 0. The van der Waals surface area contributed by atoms with Gasteiger partial charge in [0.1, 0.15) is 5.82 Å². The van der Waals surface area contributed by atoms with Crippen LogP contribution in [0.3, 0.4) is 0 Å². The second-order valence-corrected chi connectivity index (χ2v) is 6.01. The van der Waals surface area contributed by atoms with E-state index in [2.05, 4.69) is 4.98 Å². The van der Waals surface area contributed by atoms with E-state index in [1.165, 1.54) is 0 Å². The molecule has 3 rings (SSSR count). The van der Waals surface area contributed by atoms with Crippen molar-refractivity contribution < 1.29 is 0 Å². The van der Waals surface area contributed by atoms with Crippen molar-refractivity contribution in [2.24, 2.45) is 7.05 Å². The van der Waals surface area contributed by atoms with Crippen molar-refractivity contribution in [3.8, 4) is 0 Å². The van der Waals surface area contributed by atoms with E-state index in [0.717, 1.165) is 17.0 Å². The largest absolute Gasteiger partial charge is 0.399 e. The summed E-state index contributed by atoms with van der Waals surface area (Å²) in [7, 11) is 1.97. The van der Waals surface area contributed by atoms with Gasteiger partial charge in [0.15, 0.2) is 0 Å². The number of imidazole rings is 1. The highest BCUT2D eigenvalue weighted by Gasteiger charge is 2.23. The van der Waals surface area contributed by atoms with E-state index < -0.39 is 0 Å². The minimum absolute atomic E-state index is 0.0784. The predicted molar refractivity (Wildman–Crippen MR) is 91.5 cm³/mol. The zero-order valence-corrected chi connectivity index (χ0v) is 13.5. The molecular weight excluding hydrogens is 317 g/mol. The van der Waals surface area contributed by atoms with Crippen molar-refractivity contribution in [3.05, 3.63) is 81.9 Å². The Morgan fingerprint density at radius 3 is 2.41 bits per heavy atom. The number of aryl methyl sites for hydroxylation is 1. The zero-order chi connectivity index (χ0) is 15.7. The molecule has 22 heavy (non-hydrogen) atoms. The predicted octanol–water partition coefficient (Wildman–Crippen LogP) is 4.49. The normalized spacial score (nSPS) is 12.3. The van der Waals surface area contributed by atoms with E-state index >= 15 is 0 Å². The molecule has 0 saturated carbocycles. The third-order valence-electron chi connectivity index (χ3n) is 3.66. The van der Waals surface area contributed by atoms with Gasteiger partial charge in [-0.25, -0.2) is 4.98 Å². The lowest BCUT2D eigenvalue weighted by Gasteiger charge is -2.19.